The molecule has 66 valence electrons. The lowest BCUT2D eigenvalue weighted by molar-refractivity contribution is 0.622. The molecule has 0 bridgehead atoms. The average molecular weight is 182 g/mol. The summed E-state index contributed by atoms with van der Waals surface area (Å²) in [6.07, 6.45) is 0. The zero-order chi connectivity index (χ0) is 8.97. The Balaban J connectivity index is 2.52. The minimum Gasteiger partial charge on any atom is -0.477 e. The van der Waals surface area contributed by atoms with Crippen LogP contribution in [-0.2, 0) is 0 Å². The molecule has 0 radical (unpaired) electrons. The highest BCUT2D eigenvalue weighted by atomic mass is 31.1. The Morgan fingerprint density at radius 2 is 2.08 bits per heavy atom. The third-order valence-electron chi connectivity index (χ3n) is 1.40. The largest absolute Gasteiger partial charge is 0.477 e. The third-order valence-corrected chi connectivity index (χ3v) is 2.23. The van der Waals surface area contributed by atoms with Crippen molar-refractivity contribution in [1.82, 2.24) is 0 Å². The van der Waals surface area contributed by atoms with E-state index in [-0.39, 0.29) is 0 Å². The fourth-order valence-corrected chi connectivity index (χ4v) is 1.36. The topological polar surface area (TPSA) is 9.23 Å². The lowest BCUT2D eigenvalue weighted by Crippen LogP contribution is -1.88. The van der Waals surface area contributed by atoms with E-state index in [0.29, 0.717) is 14.5 Å². The van der Waals surface area contributed by atoms with Gasteiger partial charge in [-0.15, -0.1) is 0 Å². The van der Waals surface area contributed by atoms with Crippen molar-refractivity contribution in [2.45, 2.75) is 26.4 Å². The summed E-state index contributed by atoms with van der Waals surface area (Å²) in [4.78, 5) is 0. The molecule has 1 unspecified atom stereocenters. The Morgan fingerprint density at radius 3 is 2.67 bits per heavy atom. The summed E-state index contributed by atoms with van der Waals surface area (Å²) < 4.78 is 5.58. The summed E-state index contributed by atoms with van der Waals surface area (Å²) in [5, 5.41) is 0. The molecule has 12 heavy (non-hydrogen) atoms. The molecule has 1 aromatic rings. The van der Waals surface area contributed by atoms with E-state index in [4.69, 9.17) is 4.52 Å². The van der Waals surface area contributed by atoms with E-state index in [1.807, 2.05) is 12.1 Å². The van der Waals surface area contributed by atoms with E-state index >= 15 is 0 Å². The first-order chi connectivity index (χ1) is 5.68. The standard InChI is InChI=1S/C10H15OP/c1-8(2)12-11-10-6-4-5-9(3)7-10/h4-8,12H,1-3H3. The molecule has 0 fully saturated rings. The molecule has 0 heterocycles. The van der Waals surface area contributed by atoms with Gasteiger partial charge in [0, 0.05) is 5.66 Å². The summed E-state index contributed by atoms with van der Waals surface area (Å²) in [6.45, 7) is 6.40. The van der Waals surface area contributed by atoms with Gasteiger partial charge in [0.2, 0.25) is 0 Å². The molecule has 0 aliphatic heterocycles. The van der Waals surface area contributed by atoms with Gasteiger partial charge in [-0.2, -0.15) is 0 Å². The maximum Gasteiger partial charge on any atom is 0.123 e. The molecule has 0 spiro atoms. The second-order valence-electron chi connectivity index (χ2n) is 3.19. The summed E-state index contributed by atoms with van der Waals surface area (Å²) in [5.41, 5.74) is 1.87. The van der Waals surface area contributed by atoms with Crippen molar-refractivity contribution < 1.29 is 4.52 Å². The summed E-state index contributed by atoms with van der Waals surface area (Å²) >= 11 is 0. The molecule has 2 heteroatoms. The smallest absolute Gasteiger partial charge is 0.123 e. The van der Waals surface area contributed by atoms with Gasteiger partial charge in [0.05, 0.1) is 8.81 Å². The van der Waals surface area contributed by atoms with Gasteiger partial charge in [-0.05, 0) is 24.6 Å². The highest BCUT2D eigenvalue weighted by molar-refractivity contribution is 7.33. The summed E-state index contributed by atoms with van der Waals surface area (Å²) in [5.74, 6) is 0.988. The maximum atomic E-state index is 5.58. The van der Waals surface area contributed by atoms with Crippen molar-refractivity contribution in [3.8, 4) is 5.75 Å². The first kappa shape index (κ1) is 9.54. The molecule has 1 rings (SSSR count). The minimum atomic E-state index is 0.562. The highest BCUT2D eigenvalue weighted by Crippen LogP contribution is 2.24. The van der Waals surface area contributed by atoms with Crippen LogP contribution in [0.1, 0.15) is 19.4 Å². The van der Waals surface area contributed by atoms with Crippen LogP contribution in [-0.4, -0.2) is 5.66 Å². The molecule has 0 aromatic heterocycles. The number of benzene rings is 1. The molecule has 1 nitrogen and oxygen atoms in total. The van der Waals surface area contributed by atoms with Crippen LogP contribution < -0.4 is 4.52 Å². The zero-order valence-corrected chi connectivity index (χ0v) is 8.79. The van der Waals surface area contributed by atoms with Crippen molar-refractivity contribution in [3.05, 3.63) is 29.8 Å². The van der Waals surface area contributed by atoms with Crippen molar-refractivity contribution in [3.63, 3.8) is 0 Å². The Hall–Kier alpha value is -0.550. The van der Waals surface area contributed by atoms with Gasteiger partial charge in [-0.1, -0.05) is 26.0 Å². The summed E-state index contributed by atoms with van der Waals surface area (Å²) in [7, 11) is 0.562. The fraction of sp³-hybridized carbons (Fsp3) is 0.400. The van der Waals surface area contributed by atoms with Gasteiger partial charge in [-0.3, -0.25) is 0 Å². The van der Waals surface area contributed by atoms with E-state index in [1.54, 1.807) is 0 Å². The van der Waals surface area contributed by atoms with Crippen LogP contribution in [0.25, 0.3) is 0 Å². The van der Waals surface area contributed by atoms with Crippen molar-refractivity contribution in [2.24, 2.45) is 0 Å². The van der Waals surface area contributed by atoms with Crippen LogP contribution in [0, 0.1) is 6.92 Å². The summed E-state index contributed by atoms with van der Waals surface area (Å²) in [6, 6.07) is 8.17. The van der Waals surface area contributed by atoms with Crippen LogP contribution >= 0.6 is 8.81 Å². The molecular weight excluding hydrogens is 167 g/mol. The van der Waals surface area contributed by atoms with Gasteiger partial charge in [-0.25, -0.2) is 0 Å². The molecule has 0 amide bonds. The van der Waals surface area contributed by atoms with Crippen molar-refractivity contribution in [2.75, 3.05) is 0 Å². The third kappa shape index (κ3) is 3.23. The molecular formula is C10H15OP. The highest BCUT2D eigenvalue weighted by Gasteiger charge is 1.96. The Labute approximate surface area is 76.0 Å². The molecule has 0 saturated heterocycles. The average Bonchev–Trinajstić information content (AvgIpc) is 2.01. The molecule has 0 aliphatic rings. The maximum absolute atomic E-state index is 5.58. The van der Waals surface area contributed by atoms with E-state index < -0.39 is 0 Å². The first-order valence-electron chi connectivity index (χ1n) is 4.17. The number of rotatable bonds is 3. The minimum absolute atomic E-state index is 0.562. The number of hydrogen-bond donors (Lipinski definition) is 0. The molecule has 1 aromatic carbocycles. The number of hydrogen-bond acceptors (Lipinski definition) is 1. The second kappa shape index (κ2) is 4.47. The number of aryl methyl sites for hydroxylation is 1. The fourth-order valence-electron chi connectivity index (χ4n) is 0.865. The SMILES string of the molecule is Cc1cccc(OPC(C)C)c1. The van der Waals surface area contributed by atoms with Crippen LogP contribution in [0.5, 0.6) is 5.75 Å². The van der Waals surface area contributed by atoms with Gasteiger partial charge >= 0.3 is 0 Å². The normalized spacial score (nSPS) is 11.3. The lowest BCUT2D eigenvalue weighted by Gasteiger charge is -2.07. The van der Waals surface area contributed by atoms with Crippen LogP contribution in [0.2, 0.25) is 0 Å². The van der Waals surface area contributed by atoms with Gasteiger partial charge in [0.25, 0.3) is 0 Å². The quantitative estimate of drug-likeness (QED) is 0.651. The second-order valence-corrected chi connectivity index (χ2v) is 4.79. The monoisotopic (exact) mass is 182 g/mol. The zero-order valence-electron chi connectivity index (χ0n) is 7.79. The van der Waals surface area contributed by atoms with Crippen LogP contribution in [0.3, 0.4) is 0 Å². The van der Waals surface area contributed by atoms with Gasteiger partial charge < -0.3 is 4.52 Å². The van der Waals surface area contributed by atoms with Gasteiger partial charge in [0.15, 0.2) is 0 Å². The van der Waals surface area contributed by atoms with E-state index in [2.05, 4.69) is 32.9 Å². The molecule has 0 aliphatic carbocycles. The Kier molecular flexibility index (Phi) is 3.55. The molecule has 1 atom stereocenters. The van der Waals surface area contributed by atoms with Gasteiger partial charge in [0.1, 0.15) is 5.75 Å². The predicted octanol–water partition coefficient (Wildman–Crippen LogP) is 3.38. The van der Waals surface area contributed by atoms with Crippen LogP contribution in [0.4, 0.5) is 0 Å². The predicted molar refractivity (Wildman–Crippen MR) is 55.3 cm³/mol. The van der Waals surface area contributed by atoms with E-state index in [9.17, 15) is 0 Å². The molecule has 0 N–H and O–H groups in total. The lowest BCUT2D eigenvalue weighted by atomic mass is 10.2. The van der Waals surface area contributed by atoms with E-state index in [0.717, 1.165) is 5.75 Å². The van der Waals surface area contributed by atoms with Crippen LogP contribution in [0.15, 0.2) is 24.3 Å². The van der Waals surface area contributed by atoms with Crippen molar-refractivity contribution in [1.29, 1.82) is 0 Å². The first-order valence-corrected chi connectivity index (χ1v) is 5.16. The molecule has 0 saturated carbocycles. The van der Waals surface area contributed by atoms with E-state index in [1.165, 1.54) is 5.56 Å². The Morgan fingerprint density at radius 1 is 1.33 bits per heavy atom. The van der Waals surface area contributed by atoms with Crippen molar-refractivity contribution >= 4 is 8.81 Å². The Bertz CT molecular complexity index is 245.